The number of hydrogen-bond acceptors (Lipinski definition) is 4. The number of rotatable bonds is 8. The Hall–Kier alpha value is -2.71. The first-order valence-corrected chi connectivity index (χ1v) is 13.4. The number of likely N-dealkylation sites (tertiary alicyclic amines) is 1. The van der Waals surface area contributed by atoms with Crippen LogP contribution in [0.4, 0.5) is 18.9 Å². The summed E-state index contributed by atoms with van der Waals surface area (Å²) >= 11 is 1.51. The molecule has 0 radical (unpaired) electrons. The molecule has 8 heteroatoms. The van der Waals surface area contributed by atoms with Gasteiger partial charge in [-0.25, -0.2) is 4.98 Å². The molecule has 0 aliphatic carbocycles. The van der Waals surface area contributed by atoms with Crippen molar-refractivity contribution in [3.05, 3.63) is 70.2 Å². The smallest absolute Gasteiger partial charge is 0.320 e. The largest absolute Gasteiger partial charge is 0.416 e. The number of nitrogens with one attached hydrogen (secondary N) is 1. The van der Waals surface area contributed by atoms with E-state index in [1.807, 2.05) is 0 Å². The molecule has 1 N–H and O–H groups in total. The molecule has 4 rings (SSSR count). The maximum Gasteiger partial charge on any atom is 0.416 e. The molecular weight excluding hydrogens is 483 g/mol. The van der Waals surface area contributed by atoms with Crippen molar-refractivity contribution in [1.82, 2.24) is 9.88 Å². The molecule has 1 atom stereocenters. The normalized spacial score (nSPS) is 16.1. The van der Waals surface area contributed by atoms with E-state index < -0.39 is 11.7 Å². The van der Waals surface area contributed by atoms with Crippen LogP contribution >= 0.6 is 11.3 Å². The predicted octanol–water partition coefficient (Wildman–Crippen LogP) is 7.70. The van der Waals surface area contributed by atoms with Crippen LogP contribution < -0.4 is 5.32 Å². The maximum atomic E-state index is 13.2. The highest BCUT2D eigenvalue weighted by molar-refractivity contribution is 7.10. The van der Waals surface area contributed by atoms with Crippen molar-refractivity contribution < 1.29 is 18.0 Å². The minimum atomic E-state index is -4.44. The highest BCUT2D eigenvalue weighted by Gasteiger charge is 2.30. The number of carbonyl (C=O) groups is 1. The summed E-state index contributed by atoms with van der Waals surface area (Å²) in [5.41, 5.74) is 0.978. The molecule has 1 aliphatic rings. The van der Waals surface area contributed by atoms with Crippen LogP contribution in [0.15, 0.2) is 53.9 Å². The second-order valence-corrected chi connectivity index (χ2v) is 10.5. The number of amides is 1. The summed E-state index contributed by atoms with van der Waals surface area (Å²) in [7, 11) is 0. The number of aromatic nitrogens is 1. The lowest BCUT2D eigenvalue weighted by atomic mass is 9.96. The molecule has 1 aliphatic heterocycles. The second kappa shape index (κ2) is 11.6. The van der Waals surface area contributed by atoms with Gasteiger partial charge in [-0.05, 0) is 62.0 Å². The van der Waals surface area contributed by atoms with Crippen LogP contribution in [-0.2, 0) is 6.18 Å². The average Bonchev–Trinajstić information content (AvgIpc) is 3.35. The molecule has 1 fully saturated rings. The van der Waals surface area contributed by atoms with Crippen LogP contribution in [0.2, 0.25) is 0 Å². The Morgan fingerprint density at radius 2 is 1.92 bits per heavy atom. The van der Waals surface area contributed by atoms with Crippen LogP contribution in [-0.4, -0.2) is 35.4 Å². The Labute approximate surface area is 214 Å². The molecule has 0 saturated carbocycles. The first kappa shape index (κ1) is 26.4. The SMILES string of the molecule is CCCC(C)CN1CCC(c2nc(C(=O)Nc3ccccc3-c3cccc(C(F)(F)F)c3)cs2)CC1. The first-order chi connectivity index (χ1) is 17.2. The minimum Gasteiger partial charge on any atom is -0.320 e. The summed E-state index contributed by atoms with van der Waals surface area (Å²) < 4.78 is 39.6. The zero-order valence-corrected chi connectivity index (χ0v) is 21.5. The van der Waals surface area contributed by atoms with Crippen molar-refractivity contribution in [2.24, 2.45) is 5.92 Å². The molecule has 2 heterocycles. The molecule has 2 aromatic carbocycles. The Morgan fingerprint density at radius 3 is 2.64 bits per heavy atom. The van der Waals surface area contributed by atoms with Crippen molar-refractivity contribution in [2.45, 2.75) is 51.6 Å². The van der Waals surface area contributed by atoms with E-state index in [0.29, 0.717) is 34.3 Å². The van der Waals surface area contributed by atoms with Crippen molar-refractivity contribution in [3.8, 4) is 11.1 Å². The van der Waals surface area contributed by atoms with E-state index in [0.717, 1.165) is 49.6 Å². The fourth-order valence-electron chi connectivity index (χ4n) is 4.86. The summed E-state index contributed by atoms with van der Waals surface area (Å²) in [6.45, 7) is 7.77. The topological polar surface area (TPSA) is 45.2 Å². The molecule has 1 unspecified atom stereocenters. The van der Waals surface area contributed by atoms with Crippen molar-refractivity contribution in [3.63, 3.8) is 0 Å². The van der Waals surface area contributed by atoms with Crippen LogP contribution in [0.25, 0.3) is 11.1 Å². The van der Waals surface area contributed by atoms with E-state index in [1.165, 1.54) is 30.2 Å². The zero-order chi connectivity index (χ0) is 25.7. The van der Waals surface area contributed by atoms with Crippen molar-refractivity contribution in [2.75, 3.05) is 25.0 Å². The molecule has 1 aromatic heterocycles. The third kappa shape index (κ3) is 6.53. The number of nitrogens with zero attached hydrogens (tertiary/aromatic N) is 2. The van der Waals surface area contributed by atoms with Gasteiger partial charge in [0, 0.05) is 29.1 Å². The molecule has 0 spiro atoms. The second-order valence-electron chi connectivity index (χ2n) is 9.62. The van der Waals surface area contributed by atoms with Gasteiger partial charge in [0.25, 0.3) is 5.91 Å². The van der Waals surface area contributed by atoms with Gasteiger partial charge in [0.1, 0.15) is 5.69 Å². The lowest BCUT2D eigenvalue weighted by Gasteiger charge is -2.32. The standard InChI is InChI=1S/C28H32F3N3OS/c1-3-7-19(2)17-34-14-12-20(13-15-34)27-33-25(18-36-27)26(35)32-24-11-5-4-10-23(24)21-8-6-9-22(16-21)28(29,30)31/h4-6,8-11,16,18-20H,3,7,12-15,17H2,1-2H3,(H,32,35). The molecule has 1 amide bonds. The third-order valence-electron chi connectivity index (χ3n) is 6.72. The average molecular weight is 516 g/mol. The summed E-state index contributed by atoms with van der Waals surface area (Å²) in [6, 6.07) is 12.0. The van der Waals surface area contributed by atoms with Crippen LogP contribution in [0.3, 0.4) is 0 Å². The van der Waals surface area contributed by atoms with Gasteiger partial charge in [-0.2, -0.15) is 13.2 Å². The van der Waals surface area contributed by atoms with Gasteiger partial charge in [-0.3, -0.25) is 4.79 Å². The zero-order valence-electron chi connectivity index (χ0n) is 20.6. The number of piperidine rings is 1. The molecule has 3 aromatic rings. The van der Waals surface area contributed by atoms with E-state index in [2.05, 4.69) is 29.0 Å². The van der Waals surface area contributed by atoms with E-state index in [1.54, 1.807) is 35.7 Å². The lowest BCUT2D eigenvalue weighted by molar-refractivity contribution is -0.137. The number of hydrogen-bond donors (Lipinski definition) is 1. The fourth-order valence-corrected chi connectivity index (χ4v) is 5.83. The van der Waals surface area contributed by atoms with Gasteiger partial charge in [0.05, 0.1) is 10.6 Å². The van der Waals surface area contributed by atoms with Gasteiger partial charge >= 0.3 is 6.18 Å². The monoisotopic (exact) mass is 515 g/mol. The number of benzene rings is 2. The van der Waals surface area contributed by atoms with E-state index in [9.17, 15) is 18.0 Å². The summed E-state index contributed by atoms with van der Waals surface area (Å²) in [5.74, 6) is 0.704. The number of anilines is 1. The molecule has 0 bridgehead atoms. The van der Waals surface area contributed by atoms with Gasteiger partial charge in [0.2, 0.25) is 0 Å². The molecule has 1 saturated heterocycles. The highest BCUT2D eigenvalue weighted by atomic mass is 32.1. The number of para-hydroxylation sites is 1. The Kier molecular flexibility index (Phi) is 8.46. The van der Waals surface area contributed by atoms with Gasteiger partial charge in [-0.1, -0.05) is 50.6 Å². The summed E-state index contributed by atoms with van der Waals surface area (Å²) in [6.07, 6.45) is 0.0977. The first-order valence-electron chi connectivity index (χ1n) is 12.5. The Morgan fingerprint density at radius 1 is 1.17 bits per heavy atom. The van der Waals surface area contributed by atoms with Crippen molar-refractivity contribution in [1.29, 1.82) is 0 Å². The van der Waals surface area contributed by atoms with E-state index in [4.69, 9.17) is 0 Å². The predicted molar refractivity (Wildman–Crippen MR) is 139 cm³/mol. The fraction of sp³-hybridized carbons (Fsp3) is 0.429. The number of carbonyl (C=O) groups excluding carboxylic acids is 1. The summed E-state index contributed by atoms with van der Waals surface area (Å²) in [4.78, 5) is 20.2. The maximum absolute atomic E-state index is 13.2. The van der Waals surface area contributed by atoms with E-state index in [-0.39, 0.29) is 5.91 Å². The van der Waals surface area contributed by atoms with Crippen LogP contribution in [0.5, 0.6) is 0 Å². The van der Waals surface area contributed by atoms with Gasteiger partial charge < -0.3 is 10.2 Å². The van der Waals surface area contributed by atoms with E-state index >= 15 is 0 Å². The third-order valence-corrected chi connectivity index (χ3v) is 7.73. The lowest BCUT2D eigenvalue weighted by Crippen LogP contribution is -2.36. The molecule has 4 nitrogen and oxygen atoms in total. The molecule has 192 valence electrons. The highest BCUT2D eigenvalue weighted by Crippen LogP contribution is 2.35. The molecule has 36 heavy (non-hydrogen) atoms. The molecular formula is C28H32F3N3OS. The summed E-state index contributed by atoms with van der Waals surface area (Å²) in [5, 5.41) is 5.61. The number of halogens is 3. The van der Waals surface area contributed by atoms with Crippen LogP contribution in [0, 0.1) is 5.92 Å². The Bertz CT molecular complexity index is 1170. The van der Waals surface area contributed by atoms with Gasteiger partial charge in [0.15, 0.2) is 0 Å². The number of thiazole rings is 1. The van der Waals surface area contributed by atoms with Gasteiger partial charge in [-0.15, -0.1) is 11.3 Å². The Balaban J connectivity index is 1.42. The number of alkyl halides is 3. The van der Waals surface area contributed by atoms with Crippen LogP contribution in [0.1, 0.15) is 66.5 Å². The van der Waals surface area contributed by atoms with Crippen molar-refractivity contribution >= 4 is 22.9 Å². The quantitative estimate of drug-likeness (QED) is 0.334. The minimum absolute atomic E-state index is 0.341.